The van der Waals surface area contributed by atoms with Gasteiger partial charge in [-0.1, -0.05) is 115 Å². The highest BCUT2D eigenvalue weighted by molar-refractivity contribution is 6.17. The van der Waals surface area contributed by atoms with Crippen molar-refractivity contribution in [1.82, 2.24) is 4.90 Å². The summed E-state index contributed by atoms with van der Waals surface area (Å²) in [5.41, 5.74) is 0. The van der Waals surface area contributed by atoms with Crippen molar-refractivity contribution in [2.45, 2.75) is 129 Å². The number of unbranched alkanes of at least 4 members (excludes halogenated alkanes) is 15. The van der Waals surface area contributed by atoms with Crippen LogP contribution in [-0.2, 0) is 9.53 Å². The summed E-state index contributed by atoms with van der Waals surface area (Å²) in [5, 5.41) is 0. The maximum absolute atomic E-state index is 12.8. The van der Waals surface area contributed by atoms with Gasteiger partial charge in [-0.3, -0.25) is 4.79 Å². The van der Waals surface area contributed by atoms with Crippen LogP contribution in [0.2, 0.25) is 0 Å². The number of carbonyl (C=O) groups excluding carboxylic acids is 1. The predicted molar refractivity (Wildman–Crippen MR) is 149 cm³/mol. The van der Waals surface area contributed by atoms with Gasteiger partial charge in [0.25, 0.3) is 0 Å². The summed E-state index contributed by atoms with van der Waals surface area (Å²) in [6.07, 6.45) is 29.3. The third-order valence-electron chi connectivity index (χ3n) is 7.36. The molecule has 0 aromatic heterocycles. The third kappa shape index (κ3) is 16.2. The van der Waals surface area contributed by atoms with Crippen LogP contribution in [0.4, 0.5) is 0 Å². The van der Waals surface area contributed by atoms with E-state index in [0.717, 1.165) is 38.8 Å². The molecular formula is C30H56ClNO2. The van der Waals surface area contributed by atoms with Gasteiger partial charge in [-0.2, -0.15) is 0 Å². The highest BCUT2D eigenvalue weighted by Crippen LogP contribution is 2.27. The zero-order chi connectivity index (χ0) is 24.7. The number of hydrogen-bond donors (Lipinski definition) is 0. The first kappa shape index (κ1) is 31.5. The van der Waals surface area contributed by atoms with Gasteiger partial charge in [0.1, 0.15) is 0 Å². The number of amides is 1. The lowest BCUT2D eigenvalue weighted by Crippen LogP contribution is -2.39. The van der Waals surface area contributed by atoms with Crippen molar-refractivity contribution >= 4 is 17.5 Å². The molecule has 2 atom stereocenters. The Hall–Kier alpha value is -0.540. The fraction of sp³-hybridized carbons (Fsp3) is 0.900. The number of carbonyl (C=O) groups is 1. The molecule has 1 aliphatic rings. The number of rotatable bonds is 23. The van der Waals surface area contributed by atoms with Gasteiger partial charge in [0.2, 0.25) is 5.91 Å². The fourth-order valence-corrected chi connectivity index (χ4v) is 5.15. The van der Waals surface area contributed by atoms with E-state index in [1.165, 1.54) is 96.3 Å². The first-order chi connectivity index (χ1) is 16.7. The fourth-order valence-electron chi connectivity index (χ4n) is 5.03. The minimum absolute atomic E-state index is 0.0659. The molecule has 34 heavy (non-hydrogen) atoms. The molecule has 0 spiro atoms. The van der Waals surface area contributed by atoms with Crippen molar-refractivity contribution in [3.63, 3.8) is 0 Å². The molecule has 4 heteroatoms. The van der Waals surface area contributed by atoms with Gasteiger partial charge < -0.3 is 9.64 Å². The van der Waals surface area contributed by atoms with Gasteiger partial charge in [-0.15, -0.1) is 11.6 Å². The van der Waals surface area contributed by atoms with Crippen LogP contribution in [0.1, 0.15) is 129 Å². The number of nitrogens with zero attached hydrogens (tertiary/aromatic N) is 1. The van der Waals surface area contributed by atoms with E-state index in [1.807, 2.05) is 11.9 Å². The Labute approximate surface area is 217 Å². The van der Waals surface area contributed by atoms with Gasteiger partial charge in [0.15, 0.2) is 0 Å². The van der Waals surface area contributed by atoms with Crippen LogP contribution < -0.4 is 0 Å². The molecule has 0 N–H and O–H groups in total. The van der Waals surface area contributed by atoms with Gasteiger partial charge in [-0.25, -0.2) is 0 Å². The van der Waals surface area contributed by atoms with E-state index in [4.69, 9.17) is 16.3 Å². The molecule has 3 nitrogen and oxygen atoms in total. The molecule has 1 aliphatic carbocycles. The Balaban J connectivity index is 1.93. The van der Waals surface area contributed by atoms with Gasteiger partial charge in [0.05, 0.1) is 6.61 Å². The Morgan fingerprint density at radius 3 is 1.82 bits per heavy atom. The van der Waals surface area contributed by atoms with Crippen LogP contribution in [0.25, 0.3) is 0 Å². The summed E-state index contributed by atoms with van der Waals surface area (Å²) in [7, 11) is 1.90. The Morgan fingerprint density at radius 1 is 0.794 bits per heavy atom. The van der Waals surface area contributed by atoms with E-state index < -0.39 is 0 Å². The Bertz CT molecular complexity index is 496. The van der Waals surface area contributed by atoms with Crippen molar-refractivity contribution in [3.05, 3.63) is 12.2 Å². The molecule has 0 radical (unpaired) electrons. The third-order valence-corrected chi connectivity index (χ3v) is 7.63. The van der Waals surface area contributed by atoms with E-state index in [9.17, 15) is 4.79 Å². The molecule has 0 aromatic carbocycles. The van der Waals surface area contributed by atoms with E-state index in [2.05, 4.69) is 19.1 Å². The molecule has 1 amide bonds. The van der Waals surface area contributed by atoms with Crippen molar-refractivity contribution in [1.29, 1.82) is 0 Å². The smallest absolute Gasteiger partial charge is 0.226 e. The van der Waals surface area contributed by atoms with Gasteiger partial charge >= 0.3 is 0 Å². The van der Waals surface area contributed by atoms with E-state index in [-0.39, 0.29) is 11.8 Å². The molecule has 0 aromatic rings. The van der Waals surface area contributed by atoms with Crippen LogP contribution in [0.5, 0.6) is 0 Å². The van der Waals surface area contributed by atoms with Crippen LogP contribution in [-0.4, -0.2) is 43.5 Å². The zero-order valence-corrected chi connectivity index (χ0v) is 23.5. The second-order valence-corrected chi connectivity index (χ2v) is 10.9. The monoisotopic (exact) mass is 497 g/mol. The van der Waals surface area contributed by atoms with Crippen LogP contribution in [0.3, 0.4) is 0 Å². The summed E-state index contributed by atoms with van der Waals surface area (Å²) in [6, 6.07) is 0. The minimum atomic E-state index is 0.0659. The van der Waals surface area contributed by atoms with Crippen molar-refractivity contribution in [3.8, 4) is 0 Å². The van der Waals surface area contributed by atoms with Crippen molar-refractivity contribution in [2.24, 2.45) is 11.8 Å². The first-order valence-electron chi connectivity index (χ1n) is 14.7. The number of hydrogen-bond acceptors (Lipinski definition) is 2. The molecule has 0 heterocycles. The Morgan fingerprint density at radius 2 is 1.29 bits per heavy atom. The number of halogens is 1. The zero-order valence-electron chi connectivity index (χ0n) is 22.7. The molecule has 0 saturated carbocycles. The van der Waals surface area contributed by atoms with E-state index in [0.29, 0.717) is 18.4 Å². The lowest BCUT2D eigenvalue weighted by molar-refractivity contribution is -0.137. The molecule has 0 bridgehead atoms. The lowest BCUT2D eigenvalue weighted by atomic mass is 9.82. The van der Waals surface area contributed by atoms with Crippen molar-refractivity contribution < 1.29 is 9.53 Å². The minimum Gasteiger partial charge on any atom is -0.381 e. The second kappa shape index (κ2) is 22.9. The summed E-state index contributed by atoms with van der Waals surface area (Å²) in [4.78, 5) is 14.7. The quantitative estimate of drug-likeness (QED) is 0.0800. The average molecular weight is 498 g/mol. The summed E-state index contributed by atoms with van der Waals surface area (Å²) in [6.45, 7) is 4.58. The topological polar surface area (TPSA) is 29.5 Å². The van der Waals surface area contributed by atoms with Gasteiger partial charge in [-0.05, 0) is 31.6 Å². The summed E-state index contributed by atoms with van der Waals surface area (Å²) < 4.78 is 6.01. The largest absolute Gasteiger partial charge is 0.381 e. The highest BCUT2D eigenvalue weighted by Gasteiger charge is 2.30. The maximum atomic E-state index is 12.8. The van der Waals surface area contributed by atoms with E-state index >= 15 is 0 Å². The van der Waals surface area contributed by atoms with Crippen LogP contribution in [0.15, 0.2) is 12.2 Å². The highest BCUT2D eigenvalue weighted by atomic mass is 35.5. The SMILES string of the molecule is CCCCCCCCCCCCCCCCCCOCC1CC=CCC1C(=O)N(C)CCCCl. The molecular weight excluding hydrogens is 442 g/mol. The standard InChI is InChI=1S/C30H56ClNO2/c1-3-4-5-6-7-8-9-10-11-12-13-14-15-16-17-20-26-34-27-28-22-18-19-23-29(28)30(33)32(2)25-21-24-31/h18-19,28-29H,3-17,20-27H2,1-2H3. The molecule has 0 aliphatic heterocycles. The summed E-state index contributed by atoms with van der Waals surface area (Å²) in [5.74, 6) is 1.24. The molecule has 200 valence electrons. The normalized spacial score (nSPS) is 17.9. The molecule has 1 rings (SSSR count). The van der Waals surface area contributed by atoms with Crippen LogP contribution in [0, 0.1) is 11.8 Å². The predicted octanol–water partition coefficient (Wildman–Crippen LogP) is 8.93. The number of alkyl halides is 1. The lowest BCUT2D eigenvalue weighted by Gasteiger charge is -2.31. The van der Waals surface area contributed by atoms with Crippen molar-refractivity contribution in [2.75, 3.05) is 32.7 Å². The first-order valence-corrected chi connectivity index (χ1v) is 15.3. The maximum Gasteiger partial charge on any atom is 0.226 e. The number of ether oxygens (including phenoxy) is 1. The second-order valence-electron chi connectivity index (χ2n) is 10.5. The average Bonchev–Trinajstić information content (AvgIpc) is 2.86. The van der Waals surface area contributed by atoms with Crippen LogP contribution >= 0.6 is 11.6 Å². The van der Waals surface area contributed by atoms with Gasteiger partial charge in [0, 0.05) is 32.0 Å². The molecule has 0 saturated heterocycles. The summed E-state index contributed by atoms with van der Waals surface area (Å²) >= 11 is 5.78. The molecule has 2 unspecified atom stereocenters. The molecule has 0 fully saturated rings. The van der Waals surface area contributed by atoms with E-state index in [1.54, 1.807) is 0 Å². The Kier molecular flexibility index (Phi) is 21.2. The number of allylic oxidation sites excluding steroid dienone is 2.